The lowest BCUT2D eigenvalue weighted by Gasteiger charge is -1.99. The summed E-state index contributed by atoms with van der Waals surface area (Å²) in [4.78, 5) is 13.2. The minimum absolute atomic E-state index is 0.473. The highest BCUT2D eigenvalue weighted by molar-refractivity contribution is 5.34. The van der Waals surface area contributed by atoms with E-state index in [1.165, 1.54) is 18.9 Å². The van der Waals surface area contributed by atoms with Gasteiger partial charge in [0.1, 0.15) is 6.04 Å². The molecule has 0 aromatic rings. The number of aliphatic imine (C=N–C) groups is 1. The summed E-state index contributed by atoms with van der Waals surface area (Å²) in [7, 11) is 0. The molecule has 0 spiro atoms. The van der Waals surface area contributed by atoms with Crippen molar-refractivity contribution in [3.05, 3.63) is 0 Å². The second kappa shape index (κ2) is 7.97. The zero-order valence-corrected chi connectivity index (χ0v) is 7.42. The third-order valence-electron chi connectivity index (χ3n) is 1.69. The lowest BCUT2D eigenvalue weighted by atomic mass is 10.1. The van der Waals surface area contributed by atoms with Gasteiger partial charge in [-0.05, 0) is 6.42 Å². The molecule has 0 saturated heterocycles. The van der Waals surface area contributed by atoms with E-state index in [1.54, 1.807) is 0 Å². The van der Waals surface area contributed by atoms with E-state index in [1.807, 2.05) is 6.07 Å². The Morgan fingerprint density at radius 3 is 2.67 bits per heavy atom. The molecule has 0 aliphatic rings. The van der Waals surface area contributed by atoms with Gasteiger partial charge >= 0.3 is 0 Å². The molecule has 0 aliphatic heterocycles. The monoisotopic (exact) mass is 166 g/mol. The standard InChI is InChI=1S/C9H14N2O/c1-2-3-4-5-6-9(7-10)11-8-12/h9H,2-6H2,1H3. The van der Waals surface area contributed by atoms with Crippen molar-refractivity contribution in [2.45, 2.75) is 45.1 Å². The van der Waals surface area contributed by atoms with Crippen molar-refractivity contribution in [2.75, 3.05) is 0 Å². The number of nitrogens with zero attached hydrogens (tertiary/aromatic N) is 2. The van der Waals surface area contributed by atoms with Crippen LogP contribution in [0.3, 0.4) is 0 Å². The molecule has 0 aromatic heterocycles. The van der Waals surface area contributed by atoms with Crippen molar-refractivity contribution >= 4 is 6.08 Å². The number of unbranched alkanes of at least 4 members (excludes halogenated alkanes) is 3. The molecule has 0 rings (SSSR count). The highest BCUT2D eigenvalue weighted by atomic mass is 16.1. The number of rotatable bonds is 6. The van der Waals surface area contributed by atoms with Crippen molar-refractivity contribution in [3.8, 4) is 6.07 Å². The lowest BCUT2D eigenvalue weighted by Crippen LogP contribution is -1.99. The zero-order chi connectivity index (χ0) is 9.23. The third-order valence-corrected chi connectivity index (χ3v) is 1.69. The van der Waals surface area contributed by atoms with Gasteiger partial charge in [0.15, 0.2) is 0 Å². The van der Waals surface area contributed by atoms with Crippen molar-refractivity contribution in [2.24, 2.45) is 4.99 Å². The van der Waals surface area contributed by atoms with Crippen LogP contribution >= 0.6 is 0 Å². The first-order valence-corrected chi connectivity index (χ1v) is 4.31. The predicted molar refractivity (Wildman–Crippen MR) is 46.3 cm³/mol. The van der Waals surface area contributed by atoms with Crippen LogP contribution in [-0.4, -0.2) is 12.1 Å². The first-order valence-electron chi connectivity index (χ1n) is 4.31. The van der Waals surface area contributed by atoms with E-state index in [-0.39, 0.29) is 0 Å². The Morgan fingerprint density at radius 1 is 1.42 bits per heavy atom. The van der Waals surface area contributed by atoms with E-state index in [0.29, 0.717) is 6.42 Å². The van der Waals surface area contributed by atoms with E-state index in [0.717, 1.165) is 12.8 Å². The molecule has 0 aliphatic carbocycles. The Bertz CT molecular complexity index is 189. The molecule has 66 valence electrons. The molecule has 12 heavy (non-hydrogen) atoms. The topological polar surface area (TPSA) is 53.2 Å². The summed E-state index contributed by atoms with van der Waals surface area (Å²) >= 11 is 0. The molecular formula is C9H14N2O. The smallest absolute Gasteiger partial charge is 0.211 e. The summed E-state index contributed by atoms with van der Waals surface area (Å²) in [5, 5.41) is 8.49. The summed E-state index contributed by atoms with van der Waals surface area (Å²) in [6.07, 6.45) is 6.54. The van der Waals surface area contributed by atoms with Gasteiger partial charge in [0.25, 0.3) is 0 Å². The molecule has 0 amide bonds. The maximum Gasteiger partial charge on any atom is 0.236 e. The van der Waals surface area contributed by atoms with Gasteiger partial charge in [-0.1, -0.05) is 32.6 Å². The van der Waals surface area contributed by atoms with Crippen LogP contribution in [0.25, 0.3) is 0 Å². The fraction of sp³-hybridized carbons (Fsp3) is 0.778. The first kappa shape index (κ1) is 10.9. The maximum atomic E-state index is 9.82. The van der Waals surface area contributed by atoms with Gasteiger partial charge in [-0.15, -0.1) is 0 Å². The van der Waals surface area contributed by atoms with Crippen LogP contribution in [-0.2, 0) is 4.79 Å². The summed E-state index contributed by atoms with van der Waals surface area (Å²) in [5.74, 6) is 0. The fourth-order valence-electron chi connectivity index (χ4n) is 0.986. The molecule has 1 unspecified atom stereocenters. The van der Waals surface area contributed by atoms with Gasteiger partial charge in [0.2, 0.25) is 6.08 Å². The van der Waals surface area contributed by atoms with Crippen molar-refractivity contribution in [1.82, 2.24) is 0 Å². The van der Waals surface area contributed by atoms with Crippen LogP contribution in [0.4, 0.5) is 0 Å². The normalized spacial score (nSPS) is 11.3. The summed E-state index contributed by atoms with van der Waals surface area (Å²) < 4.78 is 0. The average Bonchev–Trinajstić information content (AvgIpc) is 2.10. The number of hydrogen-bond donors (Lipinski definition) is 0. The van der Waals surface area contributed by atoms with E-state index >= 15 is 0 Å². The first-order chi connectivity index (χ1) is 5.85. The zero-order valence-electron chi connectivity index (χ0n) is 7.42. The van der Waals surface area contributed by atoms with E-state index in [9.17, 15) is 4.79 Å². The Labute approximate surface area is 73.1 Å². The SMILES string of the molecule is CCCCCCC(C#N)N=C=O. The minimum Gasteiger partial charge on any atom is -0.211 e. The van der Waals surface area contributed by atoms with Crippen LogP contribution in [0, 0.1) is 11.3 Å². The molecule has 0 bridgehead atoms. The summed E-state index contributed by atoms with van der Waals surface area (Å²) in [6, 6.07) is 1.48. The van der Waals surface area contributed by atoms with E-state index in [2.05, 4.69) is 11.9 Å². The number of hydrogen-bond acceptors (Lipinski definition) is 3. The molecule has 1 atom stereocenters. The molecule has 0 N–H and O–H groups in total. The Balaban J connectivity index is 3.47. The van der Waals surface area contributed by atoms with Gasteiger partial charge in [-0.3, -0.25) is 0 Å². The Morgan fingerprint density at radius 2 is 2.17 bits per heavy atom. The minimum atomic E-state index is -0.473. The second-order valence-electron chi connectivity index (χ2n) is 2.71. The Hall–Kier alpha value is -1.13. The van der Waals surface area contributed by atoms with Gasteiger partial charge in [0.05, 0.1) is 6.07 Å². The van der Waals surface area contributed by atoms with E-state index < -0.39 is 6.04 Å². The van der Waals surface area contributed by atoms with Crippen molar-refractivity contribution in [3.63, 3.8) is 0 Å². The number of carbonyl (C=O) groups excluding carboxylic acids is 1. The predicted octanol–water partition coefficient (Wildman–Crippen LogP) is 2.18. The average molecular weight is 166 g/mol. The maximum absolute atomic E-state index is 9.82. The fourth-order valence-corrected chi connectivity index (χ4v) is 0.986. The largest absolute Gasteiger partial charge is 0.236 e. The van der Waals surface area contributed by atoms with Gasteiger partial charge in [-0.2, -0.15) is 10.3 Å². The number of nitriles is 1. The molecule has 0 radical (unpaired) electrons. The molecule has 0 saturated carbocycles. The lowest BCUT2D eigenvalue weighted by molar-refractivity contribution is 0.554. The molecule has 0 heterocycles. The molecule has 3 heteroatoms. The third kappa shape index (κ3) is 5.64. The van der Waals surface area contributed by atoms with Crippen LogP contribution in [0.2, 0.25) is 0 Å². The molecule has 0 aromatic carbocycles. The van der Waals surface area contributed by atoms with Crippen LogP contribution in [0.15, 0.2) is 4.99 Å². The van der Waals surface area contributed by atoms with Gasteiger partial charge in [0, 0.05) is 0 Å². The number of isocyanates is 1. The second-order valence-corrected chi connectivity index (χ2v) is 2.71. The van der Waals surface area contributed by atoms with Gasteiger partial charge in [-0.25, -0.2) is 4.79 Å². The Kier molecular flexibility index (Phi) is 7.22. The highest BCUT2D eigenvalue weighted by Crippen LogP contribution is 2.06. The molecular weight excluding hydrogens is 152 g/mol. The summed E-state index contributed by atoms with van der Waals surface area (Å²) in [5.41, 5.74) is 0. The summed E-state index contributed by atoms with van der Waals surface area (Å²) in [6.45, 7) is 2.13. The van der Waals surface area contributed by atoms with Crippen LogP contribution < -0.4 is 0 Å². The van der Waals surface area contributed by atoms with Crippen LogP contribution in [0.1, 0.15) is 39.0 Å². The van der Waals surface area contributed by atoms with Crippen molar-refractivity contribution < 1.29 is 4.79 Å². The molecule has 0 fully saturated rings. The van der Waals surface area contributed by atoms with E-state index in [4.69, 9.17) is 5.26 Å². The van der Waals surface area contributed by atoms with Crippen molar-refractivity contribution in [1.29, 1.82) is 5.26 Å². The highest BCUT2D eigenvalue weighted by Gasteiger charge is 2.02. The molecule has 3 nitrogen and oxygen atoms in total. The van der Waals surface area contributed by atoms with Gasteiger partial charge < -0.3 is 0 Å². The van der Waals surface area contributed by atoms with Crippen LogP contribution in [0.5, 0.6) is 0 Å². The quantitative estimate of drug-likeness (QED) is 0.345.